The number of benzene rings is 2. The first kappa shape index (κ1) is 13.5. The van der Waals surface area contributed by atoms with Crippen LogP contribution in [0.25, 0.3) is 0 Å². The van der Waals surface area contributed by atoms with Gasteiger partial charge in [-0.3, -0.25) is 0 Å². The van der Waals surface area contributed by atoms with Gasteiger partial charge in [0.05, 0.1) is 12.6 Å². The molecule has 0 heterocycles. The third kappa shape index (κ3) is 3.77. The van der Waals surface area contributed by atoms with E-state index >= 15 is 0 Å². The first-order valence-electron chi connectivity index (χ1n) is 6.02. The Morgan fingerprint density at radius 2 is 1.95 bits per heavy atom. The number of aliphatic hydroxyl groups excluding tert-OH is 1. The van der Waals surface area contributed by atoms with E-state index in [4.69, 9.17) is 15.6 Å². The summed E-state index contributed by atoms with van der Waals surface area (Å²) in [6.45, 7) is 0.170. The van der Waals surface area contributed by atoms with Gasteiger partial charge in [0.25, 0.3) is 0 Å². The Bertz CT molecular complexity index is 545. The van der Waals surface area contributed by atoms with Crippen molar-refractivity contribution in [3.8, 4) is 5.75 Å². The fraction of sp³-hybridized carbons (Fsp3) is 0.200. The Kier molecular flexibility index (Phi) is 4.49. The van der Waals surface area contributed by atoms with Crippen LogP contribution in [0, 0.1) is 5.82 Å². The summed E-state index contributed by atoms with van der Waals surface area (Å²) in [6.07, 6.45) is 0. The lowest BCUT2D eigenvalue weighted by atomic mass is 10.1. The highest BCUT2D eigenvalue weighted by atomic mass is 19.1. The Balaban J connectivity index is 2.03. The molecule has 0 fully saturated rings. The van der Waals surface area contributed by atoms with E-state index in [1.54, 1.807) is 24.3 Å². The van der Waals surface area contributed by atoms with Crippen molar-refractivity contribution in [2.75, 3.05) is 6.61 Å². The summed E-state index contributed by atoms with van der Waals surface area (Å²) in [7, 11) is 0. The lowest BCUT2D eigenvalue weighted by Crippen LogP contribution is -2.14. The van der Waals surface area contributed by atoms with E-state index in [0.717, 1.165) is 11.1 Å². The van der Waals surface area contributed by atoms with E-state index in [1.807, 2.05) is 12.1 Å². The smallest absolute Gasteiger partial charge is 0.123 e. The number of aliphatic hydroxyl groups is 1. The van der Waals surface area contributed by atoms with Crippen LogP contribution in [0.5, 0.6) is 5.75 Å². The molecule has 3 nitrogen and oxygen atoms in total. The van der Waals surface area contributed by atoms with E-state index < -0.39 is 6.04 Å². The van der Waals surface area contributed by atoms with Gasteiger partial charge < -0.3 is 15.6 Å². The van der Waals surface area contributed by atoms with Crippen molar-refractivity contribution in [2.45, 2.75) is 12.6 Å². The Hall–Kier alpha value is -1.91. The zero-order valence-corrected chi connectivity index (χ0v) is 10.4. The van der Waals surface area contributed by atoms with E-state index in [1.165, 1.54) is 12.1 Å². The molecule has 100 valence electrons. The van der Waals surface area contributed by atoms with Gasteiger partial charge in [-0.2, -0.15) is 0 Å². The van der Waals surface area contributed by atoms with Gasteiger partial charge in [0.1, 0.15) is 18.2 Å². The van der Waals surface area contributed by atoms with Gasteiger partial charge in [-0.1, -0.05) is 24.3 Å². The summed E-state index contributed by atoms with van der Waals surface area (Å²) in [4.78, 5) is 0. The molecule has 3 N–H and O–H groups in total. The van der Waals surface area contributed by atoms with Crippen molar-refractivity contribution in [3.63, 3.8) is 0 Å². The Morgan fingerprint density at radius 1 is 1.16 bits per heavy atom. The van der Waals surface area contributed by atoms with Gasteiger partial charge >= 0.3 is 0 Å². The molecule has 0 saturated carbocycles. The zero-order valence-electron chi connectivity index (χ0n) is 10.4. The summed E-state index contributed by atoms with van der Waals surface area (Å²) < 4.78 is 18.6. The van der Waals surface area contributed by atoms with Crippen LogP contribution in [-0.4, -0.2) is 11.7 Å². The van der Waals surface area contributed by atoms with Gasteiger partial charge in [-0.05, 0) is 35.4 Å². The molecule has 0 aliphatic carbocycles. The minimum Gasteiger partial charge on any atom is -0.489 e. The fourth-order valence-electron chi connectivity index (χ4n) is 1.73. The van der Waals surface area contributed by atoms with Gasteiger partial charge in [-0.15, -0.1) is 0 Å². The molecular formula is C15H16FNO2. The maximum Gasteiger partial charge on any atom is 0.123 e. The van der Waals surface area contributed by atoms with Crippen LogP contribution in [-0.2, 0) is 6.61 Å². The Labute approximate surface area is 111 Å². The summed E-state index contributed by atoms with van der Waals surface area (Å²) >= 11 is 0. The van der Waals surface area contributed by atoms with E-state index in [2.05, 4.69) is 0 Å². The third-order valence-electron chi connectivity index (χ3n) is 2.78. The van der Waals surface area contributed by atoms with E-state index in [0.29, 0.717) is 5.75 Å². The van der Waals surface area contributed by atoms with Gasteiger partial charge in [0.15, 0.2) is 0 Å². The van der Waals surface area contributed by atoms with Gasteiger partial charge in [0.2, 0.25) is 0 Å². The molecule has 0 spiro atoms. The van der Waals surface area contributed by atoms with Crippen LogP contribution in [0.1, 0.15) is 17.2 Å². The maximum absolute atomic E-state index is 13.0. The molecular weight excluding hydrogens is 245 g/mol. The van der Waals surface area contributed by atoms with Crippen LogP contribution in [0.15, 0.2) is 48.5 Å². The highest BCUT2D eigenvalue weighted by molar-refractivity contribution is 5.30. The summed E-state index contributed by atoms with van der Waals surface area (Å²) in [5.74, 6) is 0.364. The molecule has 0 radical (unpaired) electrons. The number of halogens is 1. The molecule has 0 aromatic heterocycles. The molecule has 2 rings (SSSR count). The van der Waals surface area contributed by atoms with Crippen molar-refractivity contribution >= 4 is 0 Å². The molecule has 0 aliphatic heterocycles. The van der Waals surface area contributed by atoms with Crippen LogP contribution in [0.2, 0.25) is 0 Å². The fourth-order valence-corrected chi connectivity index (χ4v) is 1.73. The molecule has 19 heavy (non-hydrogen) atoms. The van der Waals surface area contributed by atoms with Crippen LogP contribution >= 0.6 is 0 Å². The summed E-state index contributed by atoms with van der Waals surface area (Å²) in [5.41, 5.74) is 7.30. The SMILES string of the molecule is N[C@@H](CO)c1cccc(OCc2cccc(F)c2)c1. The van der Waals surface area contributed by atoms with Crippen molar-refractivity contribution in [2.24, 2.45) is 5.73 Å². The van der Waals surface area contributed by atoms with Crippen molar-refractivity contribution in [1.29, 1.82) is 0 Å². The predicted molar refractivity (Wildman–Crippen MR) is 71.2 cm³/mol. The minimum absolute atomic E-state index is 0.118. The second kappa shape index (κ2) is 6.31. The number of nitrogens with two attached hydrogens (primary N) is 1. The van der Waals surface area contributed by atoms with Crippen molar-refractivity contribution < 1.29 is 14.2 Å². The molecule has 0 bridgehead atoms. The average Bonchev–Trinajstić information content (AvgIpc) is 2.45. The highest BCUT2D eigenvalue weighted by Crippen LogP contribution is 2.19. The molecule has 1 atom stereocenters. The summed E-state index contributed by atoms with van der Waals surface area (Å²) in [5, 5.41) is 9.01. The standard InChI is InChI=1S/C15H16FNO2/c16-13-5-1-3-11(7-13)10-19-14-6-2-4-12(8-14)15(17)9-18/h1-8,15,18H,9-10,17H2/t15-/m0/s1. The van der Waals surface area contributed by atoms with Crippen molar-refractivity contribution in [1.82, 2.24) is 0 Å². The van der Waals surface area contributed by atoms with Gasteiger partial charge in [-0.25, -0.2) is 4.39 Å². The quantitative estimate of drug-likeness (QED) is 0.869. The van der Waals surface area contributed by atoms with Crippen molar-refractivity contribution in [3.05, 3.63) is 65.5 Å². The highest BCUT2D eigenvalue weighted by Gasteiger charge is 2.05. The largest absolute Gasteiger partial charge is 0.489 e. The molecule has 2 aromatic rings. The topological polar surface area (TPSA) is 55.5 Å². The number of rotatable bonds is 5. The summed E-state index contributed by atoms with van der Waals surface area (Å²) in [6, 6.07) is 13.1. The molecule has 0 unspecified atom stereocenters. The monoisotopic (exact) mass is 261 g/mol. The number of hydrogen-bond donors (Lipinski definition) is 2. The van der Waals surface area contributed by atoms with E-state index in [9.17, 15) is 4.39 Å². The third-order valence-corrected chi connectivity index (χ3v) is 2.78. The molecule has 2 aromatic carbocycles. The molecule has 0 saturated heterocycles. The Morgan fingerprint density at radius 3 is 2.68 bits per heavy atom. The average molecular weight is 261 g/mol. The molecule has 0 amide bonds. The normalized spacial score (nSPS) is 12.2. The lowest BCUT2D eigenvalue weighted by Gasteiger charge is -2.11. The second-order valence-corrected chi connectivity index (χ2v) is 4.28. The lowest BCUT2D eigenvalue weighted by molar-refractivity contribution is 0.267. The van der Waals surface area contributed by atoms with Crippen LogP contribution in [0.4, 0.5) is 4.39 Å². The van der Waals surface area contributed by atoms with Crippen LogP contribution < -0.4 is 10.5 Å². The van der Waals surface area contributed by atoms with Gasteiger partial charge in [0, 0.05) is 0 Å². The van der Waals surface area contributed by atoms with Crippen LogP contribution in [0.3, 0.4) is 0 Å². The first-order chi connectivity index (χ1) is 9.19. The molecule has 0 aliphatic rings. The number of hydrogen-bond acceptors (Lipinski definition) is 3. The second-order valence-electron chi connectivity index (χ2n) is 4.28. The maximum atomic E-state index is 13.0. The number of ether oxygens (including phenoxy) is 1. The molecule has 4 heteroatoms. The minimum atomic E-state index is -0.419. The predicted octanol–water partition coefficient (Wildman–Crippen LogP) is 2.40. The van der Waals surface area contributed by atoms with E-state index in [-0.39, 0.29) is 19.0 Å². The first-order valence-corrected chi connectivity index (χ1v) is 6.02. The zero-order chi connectivity index (χ0) is 13.7.